The van der Waals surface area contributed by atoms with Crippen LogP contribution in [0.5, 0.6) is 0 Å². The molecule has 1 saturated carbocycles. The van der Waals surface area contributed by atoms with Crippen molar-refractivity contribution in [2.75, 3.05) is 7.05 Å². The lowest BCUT2D eigenvalue weighted by atomic mass is 10.2. The van der Waals surface area contributed by atoms with Gasteiger partial charge in [0.1, 0.15) is 5.82 Å². The third-order valence-corrected chi connectivity index (χ3v) is 5.08. The van der Waals surface area contributed by atoms with Gasteiger partial charge in [0.2, 0.25) is 0 Å². The molecular weight excluding hydrogens is 329 g/mol. The van der Waals surface area contributed by atoms with Gasteiger partial charge in [0.25, 0.3) is 0 Å². The molecule has 0 bridgehead atoms. The van der Waals surface area contributed by atoms with E-state index in [-0.39, 0.29) is 5.82 Å². The van der Waals surface area contributed by atoms with Gasteiger partial charge in [-0.25, -0.2) is 14.1 Å². The van der Waals surface area contributed by atoms with E-state index in [1.54, 1.807) is 16.8 Å². The third-order valence-electron chi connectivity index (χ3n) is 5.08. The number of aromatic nitrogens is 4. The Kier molecular flexibility index (Phi) is 4.84. The molecule has 1 aromatic carbocycles. The zero-order valence-corrected chi connectivity index (χ0v) is 15.1. The van der Waals surface area contributed by atoms with Gasteiger partial charge in [-0.3, -0.25) is 4.90 Å². The summed E-state index contributed by atoms with van der Waals surface area (Å²) < 4.78 is 17.2. The molecule has 136 valence electrons. The number of rotatable bonds is 6. The van der Waals surface area contributed by atoms with Crippen LogP contribution in [0.1, 0.15) is 43.0 Å². The zero-order valence-electron chi connectivity index (χ0n) is 15.1. The lowest BCUT2D eigenvalue weighted by molar-refractivity contribution is 0.304. The van der Waals surface area contributed by atoms with Gasteiger partial charge in [-0.2, -0.15) is 5.10 Å². The lowest BCUT2D eigenvalue weighted by Crippen LogP contribution is -2.20. The van der Waals surface area contributed by atoms with Gasteiger partial charge in [-0.15, -0.1) is 0 Å². The Balaban J connectivity index is 1.40. The standard InChI is InChI=1S/C20H24FN5/c1-24(14-20-11-22-15-25(20)18-4-2-3-5-18)12-16-10-23-26(13-16)19-8-6-17(21)7-9-19/h6-11,13,15,18H,2-5,12,14H2,1H3. The Morgan fingerprint density at radius 2 is 1.88 bits per heavy atom. The molecular formula is C20H24FN5. The van der Waals surface area contributed by atoms with Crippen LogP contribution in [0.4, 0.5) is 4.39 Å². The molecule has 0 atom stereocenters. The maximum atomic E-state index is 13.1. The Morgan fingerprint density at radius 1 is 1.12 bits per heavy atom. The summed E-state index contributed by atoms with van der Waals surface area (Å²) in [5.41, 5.74) is 3.26. The minimum absolute atomic E-state index is 0.236. The first-order chi connectivity index (χ1) is 12.7. The Morgan fingerprint density at radius 3 is 2.65 bits per heavy atom. The van der Waals surface area contributed by atoms with Crippen molar-refractivity contribution in [1.82, 2.24) is 24.2 Å². The Labute approximate surface area is 153 Å². The molecule has 0 amide bonds. The molecule has 0 radical (unpaired) electrons. The summed E-state index contributed by atoms with van der Waals surface area (Å²) in [6.45, 7) is 1.66. The minimum Gasteiger partial charge on any atom is -0.330 e. The van der Waals surface area contributed by atoms with Crippen LogP contribution in [0.2, 0.25) is 0 Å². The van der Waals surface area contributed by atoms with Crippen LogP contribution >= 0.6 is 0 Å². The molecule has 0 N–H and O–H groups in total. The van der Waals surface area contributed by atoms with E-state index in [4.69, 9.17) is 0 Å². The van der Waals surface area contributed by atoms with Crippen LogP contribution in [0.3, 0.4) is 0 Å². The summed E-state index contributed by atoms with van der Waals surface area (Å²) >= 11 is 0. The molecule has 1 aliphatic carbocycles. The average Bonchev–Trinajstić information content (AvgIpc) is 3.36. The van der Waals surface area contributed by atoms with Gasteiger partial charge in [0.15, 0.2) is 0 Å². The second kappa shape index (κ2) is 7.41. The van der Waals surface area contributed by atoms with Gasteiger partial charge in [0, 0.05) is 37.1 Å². The van der Waals surface area contributed by atoms with E-state index in [1.807, 2.05) is 24.9 Å². The molecule has 5 nitrogen and oxygen atoms in total. The lowest BCUT2D eigenvalue weighted by Gasteiger charge is -2.20. The normalized spacial score (nSPS) is 15.2. The van der Waals surface area contributed by atoms with Crippen molar-refractivity contribution >= 4 is 0 Å². The maximum absolute atomic E-state index is 13.1. The first kappa shape index (κ1) is 17.0. The number of hydrogen-bond donors (Lipinski definition) is 0. The predicted molar refractivity (Wildman–Crippen MR) is 98.4 cm³/mol. The van der Waals surface area contributed by atoms with E-state index in [2.05, 4.69) is 26.6 Å². The highest BCUT2D eigenvalue weighted by Gasteiger charge is 2.19. The first-order valence-electron chi connectivity index (χ1n) is 9.18. The quantitative estimate of drug-likeness (QED) is 0.673. The Bertz CT molecular complexity index is 845. The topological polar surface area (TPSA) is 38.9 Å². The van der Waals surface area contributed by atoms with Crippen molar-refractivity contribution in [2.45, 2.75) is 44.8 Å². The number of benzene rings is 1. The number of halogens is 1. The van der Waals surface area contributed by atoms with Crippen LogP contribution < -0.4 is 0 Å². The van der Waals surface area contributed by atoms with Crippen LogP contribution in [0.25, 0.3) is 5.69 Å². The van der Waals surface area contributed by atoms with E-state index in [9.17, 15) is 4.39 Å². The number of hydrogen-bond acceptors (Lipinski definition) is 3. The molecule has 4 rings (SSSR count). The summed E-state index contributed by atoms with van der Waals surface area (Å²) in [7, 11) is 2.11. The molecule has 6 heteroatoms. The third kappa shape index (κ3) is 3.70. The van der Waals surface area contributed by atoms with E-state index < -0.39 is 0 Å². The molecule has 2 heterocycles. The summed E-state index contributed by atoms with van der Waals surface area (Å²) in [4.78, 5) is 6.64. The van der Waals surface area contributed by atoms with Crippen LogP contribution in [-0.4, -0.2) is 31.3 Å². The van der Waals surface area contributed by atoms with E-state index >= 15 is 0 Å². The summed E-state index contributed by atoms with van der Waals surface area (Å²) in [6.07, 6.45) is 13.0. The highest BCUT2D eigenvalue weighted by molar-refractivity contribution is 5.31. The summed E-state index contributed by atoms with van der Waals surface area (Å²) in [5, 5.41) is 4.40. The van der Waals surface area contributed by atoms with E-state index in [1.165, 1.54) is 43.5 Å². The van der Waals surface area contributed by atoms with Gasteiger partial charge >= 0.3 is 0 Å². The fourth-order valence-electron chi connectivity index (χ4n) is 3.79. The van der Waals surface area contributed by atoms with Crippen molar-refractivity contribution < 1.29 is 4.39 Å². The molecule has 26 heavy (non-hydrogen) atoms. The van der Waals surface area contributed by atoms with Crippen molar-refractivity contribution in [3.05, 3.63) is 66.3 Å². The molecule has 2 aromatic heterocycles. The van der Waals surface area contributed by atoms with Gasteiger partial charge in [-0.05, 0) is 44.2 Å². The fourth-order valence-corrected chi connectivity index (χ4v) is 3.79. The highest BCUT2D eigenvalue weighted by Crippen LogP contribution is 2.30. The van der Waals surface area contributed by atoms with Gasteiger partial charge < -0.3 is 4.57 Å². The zero-order chi connectivity index (χ0) is 17.9. The fraction of sp³-hybridized carbons (Fsp3) is 0.400. The van der Waals surface area contributed by atoms with Crippen LogP contribution in [-0.2, 0) is 13.1 Å². The van der Waals surface area contributed by atoms with Crippen molar-refractivity contribution in [3.63, 3.8) is 0 Å². The molecule has 0 spiro atoms. The summed E-state index contributed by atoms with van der Waals surface area (Å²) in [5.74, 6) is -0.236. The SMILES string of the molecule is CN(Cc1cnn(-c2ccc(F)cc2)c1)Cc1cncn1C1CCCC1. The first-order valence-corrected chi connectivity index (χ1v) is 9.18. The molecule has 3 aromatic rings. The smallest absolute Gasteiger partial charge is 0.123 e. The average molecular weight is 353 g/mol. The highest BCUT2D eigenvalue weighted by atomic mass is 19.1. The molecule has 0 unspecified atom stereocenters. The van der Waals surface area contributed by atoms with Crippen molar-refractivity contribution in [1.29, 1.82) is 0 Å². The largest absolute Gasteiger partial charge is 0.330 e. The molecule has 0 aliphatic heterocycles. The molecule has 1 fully saturated rings. The summed E-state index contributed by atoms with van der Waals surface area (Å²) in [6, 6.07) is 6.98. The van der Waals surface area contributed by atoms with Gasteiger partial charge in [0.05, 0.1) is 23.9 Å². The molecule has 1 aliphatic rings. The van der Waals surface area contributed by atoms with Crippen LogP contribution in [0.15, 0.2) is 49.2 Å². The second-order valence-electron chi connectivity index (χ2n) is 7.17. The van der Waals surface area contributed by atoms with E-state index in [0.29, 0.717) is 6.04 Å². The van der Waals surface area contributed by atoms with Crippen LogP contribution in [0, 0.1) is 5.82 Å². The van der Waals surface area contributed by atoms with Crippen molar-refractivity contribution in [2.24, 2.45) is 0 Å². The predicted octanol–water partition coefficient (Wildman–Crippen LogP) is 3.96. The number of nitrogens with zero attached hydrogens (tertiary/aromatic N) is 5. The van der Waals surface area contributed by atoms with Crippen molar-refractivity contribution in [3.8, 4) is 5.69 Å². The maximum Gasteiger partial charge on any atom is 0.123 e. The second-order valence-corrected chi connectivity index (χ2v) is 7.17. The van der Waals surface area contributed by atoms with Gasteiger partial charge in [-0.1, -0.05) is 12.8 Å². The van der Waals surface area contributed by atoms with E-state index in [0.717, 1.165) is 24.3 Å². The number of imidazole rings is 1. The Hall–Kier alpha value is -2.47. The molecule has 0 saturated heterocycles. The minimum atomic E-state index is -0.236. The monoisotopic (exact) mass is 353 g/mol.